The molecule has 0 atom stereocenters. The minimum absolute atomic E-state index is 0.113. The van der Waals surface area contributed by atoms with E-state index in [-0.39, 0.29) is 12.2 Å². The number of fused-ring (bicyclic) bond motifs is 1. The Morgan fingerprint density at radius 1 is 1.06 bits per heavy atom. The van der Waals surface area contributed by atoms with Crippen LogP contribution in [0.25, 0.3) is 22.3 Å². The fourth-order valence-electron chi connectivity index (χ4n) is 3.57. The lowest BCUT2D eigenvalue weighted by Crippen LogP contribution is -2.26. The highest BCUT2D eigenvalue weighted by molar-refractivity contribution is 6.30. The Morgan fingerprint density at radius 2 is 1.84 bits per heavy atom. The molecule has 32 heavy (non-hydrogen) atoms. The maximum Gasteiger partial charge on any atom is 0.261 e. The zero-order chi connectivity index (χ0) is 22.5. The molecule has 0 amide bonds. The highest BCUT2D eigenvalue weighted by atomic mass is 35.5. The van der Waals surface area contributed by atoms with E-state index in [1.54, 1.807) is 29.9 Å². The summed E-state index contributed by atoms with van der Waals surface area (Å²) in [5, 5.41) is 1.19. The first-order valence-corrected chi connectivity index (χ1v) is 10.6. The topological polar surface area (TPSA) is 53.4 Å². The summed E-state index contributed by atoms with van der Waals surface area (Å²) in [5.74, 6) is 1.84. The van der Waals surface area contributed by atoms with Crippen LogP contribution in [0.1, 0.15) is 5.56 Å². The third-order valence-corrected chi connectivity index (χ3v) is 5.40. The van der Waals surface area contributed by atoms with Crippen molar-refractivity contribution in [3.8, 4) is 22.9 Å². The number of allylic oxidation sites excluding steroid dienone is 1. The van der Waals surface area contributed by atoms with Crippen molar-refractivity contribution < 1.29 is 9.47 Å². The Hall–Kier alpha value is -3.57. The van der Waals surface area contributed by atoms with Gasteiger partial charge in [0.2, 0.25) is 0 Å². The first-order valence-electron chi connectivity index (χ1n) is 10.3. The number of rotatable bonds is 8. The van der Waals surface area contributed by atoms with E-state index in [9.17, 15) is 4.79 Å². The van der Waals surface area contributed by atoms with Gasteiger partial charge >= 0.3 is 0 Å². The number of nitrogens with zero attached hydrogens (tertiary/aromatic N) is 2. The van der Waals surface area contributed by atoms with Crippen LogP contribution in [-0.2, 0) is 13.0 Å². The summed E-state index contributed by atoms with van der Waals surface area (Å²) in [6, 6.07) is 20.4. The number of halogens is 1. The Bertz CT molecular complexity index is 1310. The van der Waals surface area contributed by atoms with Gasteiger partial charge in [0.1, 0.15) is 12.4 Å². The van der Waals surface area contributed by atoms with E-state index in [1.165, 1.54) is 0 Å². The minimum Gasteiger partial charge on any atom is -0.493 e. The first-order chi connectivity index (χ1) is 15.6. The van der Waals surface area contributed by atoms with Gasteiger partial charge in [-0.25, -0.2) is 4.98 Å². The van der Waals surface area contributed by atoms with Crippen molar-refractivity contribution in [2.75, 3.05) is 13.7 Å². The second-order valence-corrected chi connectivity index (χ2v) is 7.68. The van der Waals surface area contributed by atoms with Gasteiger partial charge in [0.05, 0.1) is 24.6 Å². The van der Waals surface area contributed by atoms with Crippen LogP contribution in [0.2, 0.25) is 5.02 Å². The van der Waals surface area contributed by atoms with Crippen molar-refractivity contribution in [3.05, 3.63) is 100 Å². The van der Waals surface area contributed by atoms with E-state index in [2.05, 4.69) is 6.58 Å². The van der Waals surface area contributed by atoms with Gasteiger partial charge in [0, 0.05) is 10.6 Å². The van der Waals surface area contributed by atoms with Crippen molar-refractivity contribution in [1.82, 2.24) is 9.55 Å². The Balaban J connectivity index is 1.66. The molecule has 0 saturated heterocycles. The van der Waals surface area contributed by atoms with E-state index in [0.29, 0.717) is 39.8 Å². The van der Waals surface area contributed by atoms with Gasteiger partial charge in [0.15, 0.2) is 11.5 Å². The highest BCUT2D eigenvalue weighted by Gasteiger charge is 2.13. The van der Waals surface area contributed by atoms with E-state index >= 15 is 0 Å². The van der Waals surface area contributed by atoms with Crippen LogP contribution < -0.4 is 15.0 Å². The predicted octanol–water partition coefficient (Wildman–Crippen LogP) is 5.53. The van der Waals surface area contributed by atoms with Gasteiger partial charge in [-0.15, -0.1) is 6.58 Å². The standard InChI is InChI=1S/C26H23ClN2O3/c1-3-6-18-9-14-23(24(17-18)31-2)32-16-15-29-25(19-10-12-20(27)13-11-19)28-22-8-5-4-7-21(22)26(29)30/h3-5,7-14,17H,1,6,15-16H2,2H3. The van der Waals surface area contributed by atoms with Crippen molar-refractivity contribution in [3.63, 3.8) is 0 Å². The van der Waals surface area contributed by atoms with Gasteiger partial charge in [-0.05, 0) is 60.5 Å². The normalized spacial score (nSPS) is 10.8. The van der Waals surface area contributed by atoms with Crippen LogP contribution >= 0.6 is 11.6 Å². The summed E-state index contributed by atoms with van der Waals surface area (Å²) < 4.78 is 13.1. The lowest BCUT2D eigenvalue weighted by molar-refractivity contribution is 0.278. The number of benzene rings is 3. The fourth-order valence-corrected chi connectivity index (χ4v) is 3.69. The molecule has 162 valence electrons. The van der Waals surface area contributed by atoms with Crippen LogP contribution in [0.3, 0.4) is 0 Å². The Labute approximate surface area is 191 Å². The molecule has 4 aromatic rings. The molecule has 0 unspecified atom stereocenters. The molecule has 3 aromatic carbocycles. The molecule has 0 saturated carbocycles. The number of methoxy groups -OCH3 is 1. The van der Waals surface area contributed by atoms with Crippen LogP contribution in [-0.4, -0.2) is 23.3 Å². The number of hydrogen-bond donors (Lipinski definition) is 0. The molecular formula is C26H23ClN2O3. The monoisotopic (exact) mass is 446 g/mol. The number of para-hydroxylation sites is 1. The van der Waals surface area contributed by atoms with Crippen molar-refractivity contribution >= 4 is 22.5 Å². The summed E-state index contributed by atoms with van der Waals surface area (Å²) in [4.78, 5) is 18.0. The molecule has 0 bridgehead atoms. The van der Waals surface area contributed by atoms with Gasteiger partial charge in [-0.3, -0.25) is 9.36 Å². The van der Waals surface area contributed by atoms with Gasteiger partial charge in [-0.1, -0.05) is 35.9 Å². The summed E-state index contributed by atoms with van der Waals surface area (Å²) in [7, 11) is 1.61. The van der Waals surface area contributed by atoms with Crippen molar-refractivity contribution in [2.45, 2.75) is 13.0 Å². The zero-order valence-electron chi connectivity index (χ0n) is 17.8. The molecule has 0 aliphatic rings. The molecule has 6 heteroatoms. The third-order valence-electron chi connectivity index (χ3n) is 5.14. The average molecular weight is 447 g/mol. The maximum absolute atomic E-state index is 13.3. The lowest BCUT2D eigenvalue weighted by Gasteiger charge is -2.16. The molecule has 0 aliphatic heterocycles. The van der Waals surface area contributed by atoms with Gasteiger partial charge in [-0.2, -0.15) is 0 Å². The predicted molar refractivity (Wildman–Crippen MR) is 129 cm³/mol. The summed E-state index contributed by atoms with van der Waals surface area (Å²) >= 11 is 6.05. The number of aromatic nitrogens is 2. The van der Waals surface area contributed by atoms with Gasteiger partial charge in [0.25, 0.3) is 5.56 Å². The van der Waals surface area contributed by atoms with Crippen LogP contribution in [0, 0.1) is 0 Å². The first kappa shape index (κ1) is 21.7. The second kappa shape index (κ2) is 9.71. The largest absolute Gasteiger partial charge is 0.493 e. The van der Waals surface area contributed by atoms with Gasteiger partial charge < -0.3 is 9.47 Å². The van der Waals surface area contributed by atoms with Crippen LogP contribution in [0.15, 0.2) is 84.2 Å². The Morgan fingerprint density at radius 3 is 2.59 bits per heavy atom. The molecule has 4 rings (SSSR count). The number of ether oxygens (including phenoxy) is 2. The average Bonchev–Trinajstić information content (AvgIpc) is 2.82. The SMILES string of the molecule is C=CCc1ccc(OCCn2c(-c3ccc(Cl)cc3)nc3ccccc3c2=O)c(OC)c1. The summed E-state index contributed by atoms with van der Waals surface area (Å²) in [6.07, 6.45) is 2.59. The highest BCUT2D eigenvalue weighted by Crippen LogP contribution is 2.28. The lowest BCUT2D eigenvalue weighted by atomic mass is 10.1. The van der Waals surface area contributed by atoms with E-state index < -0.39 is 0 Å². The smallest absolute Gasteiger partial charge is 0.261 e. The molecule has 0 fully saturated rings. The van der Waals surface area contributed by atoms with Crippen molar-refractivity contribution in [1.29, 1.82) is 0 Å². The van der Waals surface area contributed by atoms with Crippen LogP contribution in [0.4, 0.5) is 0 Å². The van der Waals surface area contributed by atoms with Crippen molar-refractivity contribution in [2.24, 2.45) is 0 Å². The van der Waals surface area contributed by atoms with Crippen LogP contribution in [0.5, 0.6) is 11.5 Å². The molecule has 5 nitrogen and oxygen atoms in total. The summed E-state index contributed by atoms with van der Waals surface area (Å²) in [5.41, 5.74) is 2.43. The molecule has 0 N–H and O–H groups in total. The van der Waals surface area contributed by atoms with E-state index in [1.807, 2.05) is 54.6 Å². The number of hydrogen-bond acceptors (Lipinski definition) is 4. The fraction of sp³-hybridized carbons (Fsp3) is 0.154. The maximum atomic E-state index is 13.3. The minimum atomic E-state index is -0.113. The second-order valence-electron chi connectivity index (χ2n) is 7.24. The quantitative estimate of drug-likeness (QED) is 0.334. The molecule has 0 aliphatic carbocycles. The molecule has 0 spiro atoms. The summed E-state index contributed by atoms with van der Waals surface area (Å²) in [6.45, 7) is 4.37. The Kier molecular flexibility index (Phi) is 6.57. The zero-order valence-corrected chi connectivity index (χ0v) is 18.5. The third kappa shape index (κ3) is 4.53. The van der Waals surface area contributed by atoms with E-state index in [4.69, 9.17) is 26.1 Å². The molecule has 1 heterocycles. The van der Waals surface area contributed by atoms with E-state index in [0.717, 1.165) is 17.5 Å². The molecule has 0 radical (unpaired) electrons. The molecule has 1 aromatic heterocycles. The molecular weight excluding hydrogens is 424 g/mol.